The van der Waals surface area contributed by atoms with Crippen molar-refractivity contribution < 1.29 is 29.4 Å². The number of carbonyl (C=O) groups is 4. The number of likely N-dealkylation sites (tertiary alicyclic amines) is 1. The zero-order chi connectivity index (χ0) is 35.5. The first-order chi connectivity index (χ1) is 22.7. The van der Waals surface area contributed by atoms with Crippen LogP contribution in [0.5, 0.6) is 0 Å². The van der Waals surface area contributed by atoms with Gasteiger partial charge in [0.15, 0.2) is 0 Å². The average Bonchev–Trinajstić information content (AvgIpc) is 3.56. The highest BCUT2D eigenvalue weighted by atomic mass is 32.1. The number of aliphatic hydroxyl groups is 1. The number of aliphatic hydroxyl groups excluding tert-OH is 1. The number of nitrogens with zero attached hydrogens (tertiary/aromatic N) is 3. The van der Waals surface area contributed by atoms with E-state index in [1.54, 1.807) is 24.3 Å². The maximum absolute atomic E-state index is 14.0. The summed E-state index contributed by atoms with van der Waals surface area (Å²) in [6.45, 7) is 10.4. The second kappa shape index (κ2) is 18.4. The molecular weight excluding hydrogens is 630 g/mol. The average molecular weight is 686 g/mol. The summed E-state index contributed by atoms with van der Waals surface area (Å²) >= 11 is 1.17. The third-order valence-electron chi connectivity index (χ3n) is 9.69. The molecule has 2 heterocycles. The molecule has 0 radical (unpaired) electrons. The van der Waals surface area contributed by atoms with Gasteiger partial charge >= 0.3 is 5.97 Å². The van der Waals surface area contributed by atoms with Crippen LogP contribution in [-0.4, -0.2) is 93.5 Å². The molecule has 48 heavy (non-hydrogen) atoms. The number of carboxylic acids is 1. The lowest BCUT2D eigenvalue weighted by Crippen LogP contribution is -2.58. The summed E-state index contributed by atoms with van der Waals surface area (Å²) in [5.41, 5.74) is 1.12. The first-order valence-corrected chi connectivity index (χ1v) is 18.1. The first kappa shape index (κ1) is 39.1. The van der Waals surface area contributed by atoms with E-state index in [0.717, 1.165) is 31.4 Å². The molecule has 11 nitrogen and oxygen atoms in total. The SMILES string of the molecule is CC[C@H](C)[C@H](NC(=O)C1CCCCN1C)C(=O)N(C)[C@H](C[C@@H](O)c1nc(C(=O)N[C@@H](Cc2ccccc2)C[C@H](C)C(=O)O)cs1)C(C)C. The van der Waals surface area contributed by atoms with Gasteiger partial charge in [0.2, 0.25) is 11.8 Å². The molecule has 0 spiro atoms. The van der Waals surface area contributed by atoms with Crippen LogP contribution in [0.1, 0.15) is 100 Å². The number of likely N-dealkylation sites (N-methyl/N-ethyl adjacent to an activating group) is 2. The number of carbonyl (C=O) groups excluding carboxylic acids is 3. The first-order valence-electron chi connectivity index (χ1n) is 17.2. The van der Waals surface area contributed by atoms with E-state index in [1.165, 1.54) is 11.3 Å². The van der Waals surface area contributed by atoms with Gasteiger partial charge in [-0.2, -0.15) is 0 Å². The van der Waals surface area contributed by atoms with Crippen molar-refractivity contribution in [3.63, 3.8) is 0 Å². The molecule has 0 bridgehead atoms. The summed E-state index contributed by atoms with van der Waals surface area (Å²) in [6, 6.07) is 7.83. The number of rotatable bonds is 17. The van der Waals surface area contributed by atoms with E-state index < -0.39 is 36.0 Å². The molecule has 0 aliphatic carbocycles. The fraction of sp³-hybridized carbons (Fsp3) is 0.639. The maximum atomic E-state index is 14.0. The van der Waals surface area contributed by atoms with Crippen LogP contribution in [0.4, 0.5) is 0 Å². The van der Waals surface area contributed by atoms with E-state index in [1.807, 2.05) is 65.1 Å². The molecule has 1 aromatic carbocycles. The predicted octanol–water partition coefficient (Wildman–Crippen LogP) is 4.52. The molecule has 7 atom stereocenters. The minimum absolute atomic E-state index is 0.0101. The molecule has 3 rings (SSSR count). The smallest absolute Gasteiger partial charge is 0.306 e. The van der Waals surface area contributed by atoms with Gasteiger partial charge in [0.1, 0.15) is 22.8 Å². The van der Waals surface area contributed by atoms with E-state index >= 15 is 0 Å². The lowest BCUT2D eigenvalue weighted by molar-refractivity contribution is -0.141. The summed E-state index contributed by atoms with van der Waals surface area (Å²) in [5.74, 6) is -2.43. The molecule has 1 fully saturated rings. The minimum Gasteiger partial charge on any atom is -0.481 e. The van der Waals surface area contributed by atoms with Crippen LogP contribution in [-0.2, 0) is 20.8 Å². The van der Waals surface area contributed by atoms with E-state index in [9.17, 15) is 29.4 Å². The van der Waals surface area contributed by atoms with Gasteiger partial charge in [-0.3, -0.25) is 24.1 Å². The molecule has 266 valence electrons. The van der Waals surface area contributed by atoms with Crippen molar-refractivity contribution in [2.45, 2.75) is 110 Å². The fourth-order valence-corrected chi connectivity index (χ4v) is 7.15. The molecular formula is C36H55N5O6S. The largest absolute Gasteiger partial charge is 0.481 e. The monoisotopic (exact) mass is 685 g/mol. The van der Waals surface area contributed by atoms with Crippen molar-refractivity contribution in [3.05, 3.63) is 52.0 Å². The van der Waals surface area contributed by atoms with Gasteiger partial charge in [0.25, 0.3) is 5.91 Å². The zero-order valence-electron chi connectivity index (χ0n) is 29.5. The van der Waals surface area contributed by atoms with Crippen molar-refractivity contribution in [3.8, 4) is 0 Å². The van der Waals surface area contributed by atoms with Gasteiger partial charge < -0.3 is 25.7 Å². The summed E-state index contributed by atoms with van der Waals surface area (Å²) in [5, 5.41) is 28.7. The van der Waals surface area contributed by atoms with Crippen molar-refractivity contribution in [1.82, 2.24) is 25.4 Å². The molecule has 1 saturated heterocycles. The Balaban J connectivity index is 1.70. The molecule has 1 aliphatic rings. The maximum Gasteiger partial charge on any atom is 0.306 e. The van der Waals surface area contributed by atoms with Crippen LogP contribution in [0.25, 0.3) is 0 Å². The number of aromatic nitrogens is 1. The quantitative estimate of drug-likeness (QED) is 0.190. The molecule has 0 saturated carbocycles. The molecule has 1 unspecified atom stereocenters. The predicted molar refractivity (Wildman–Crippen MR) is 188 cm³/mol. The van der Waals surface area contributed by atoms with E-state index in [0.29, 0.717) is 17.8 Å². The lowest BCUT2D eigenvalue weighted by atomic mass is 9.92. The number of benzene rings is 1. The highest BCUT2D eigenvalue weighted by Crippen LogP contribution is 2.28. The Kier molecular flexibility index (Phi) is 15.0. The van der Waals surface area contributed by atoms with Crippen molar-refractivity contribution in [2.75, 3.05) is 20.6 Å². The molecule has 12 heteroatoms. The van der Waals surface area contributed by atoms with E-state index in [4.69, 9.17) is 0 Å². The molecule has 1 aliphatic heterocycles. The minimum atomic E-state index is -1.03. The number of aliphatic carboxylic acids is 1. The third kappa shape index (κ3) is 10.8. The number of thiazole rings is 1. The Morgan fingerprint density at radius 1 is 1.06 bits per heavy atom. The summed E-state index contributed by atoms with van der Waals surface area (Å²) in [7, 11) is 3.67. The highest BCUT2D eigenvalue weighted by molar-refractivity contribution is 7.09. The number of hydrogen-bond acceptors (Lipinski definition) is 8. The zero-order valence-corrected chi connectivity index (χ0v) is 30.3. The van der Waals surface area contributed by atoms with Crippen molar-refractivity contribution >= 4 is 35.0 Å². The summed E-state index contributed by atoms with van der Waals surface area (Å²) in [4.78, 5) is 60.2. The van der Waals surface area contributed by atoms with Crippen LogP contribution in [0.15, 0.2) is 35.7 Å². The molecule has 4 N–H and O–H groups in total. The number of piperidine rings is 1. The van der Waals surface area contributed by atoms with Gasteiger partial charge in [0.05, 0.1) is 12.0 Å². The van der Waals surface area contributed by atoms with Gasteiger partial charge in [-0.05, 0) is 56.7 Å². The van der Waals surface area contributed by atoms with Crippen LogP contribution >= 0.6 is 11.3 Å². The van der Waals surface area contributed by atoms with Gasteiger partial charge in [-0.25, -0.2) is 4.98 Å². The van der Waals surface area contributed by atoms with Crippen LogP contribution in [0.3, 0.4) is 0 Å². The Bertz CT molecular complexity index is 1350. The molecule has 3 amide bonds. The normalized spacial score (nSPS) is 19.1. The third-order valence-corrected chi connectivity index (χ3v) is 10.6. The standard InChI is InChI=1S/C36H55N5O6S/c1-8-23(4)31(39-33(44)28-16-12-13-17-40(28)6)35(45)41(7)29(22(2)3)20-30(42)34-38-27(21-48-34)32(43)37-26(18-24(5)36(46)47)19-25-14-10-9-11-15-25/h9-11,14-15,21-24,26,28-31,42H,8,12-13,16-20H2,1-7H3,(H,37,43)(H,39,44)(H,46,47)/t23-,24-,26+,28?,29+,30+,31-/m0/s1. The van der Waals surface area contributed by atoms with Crippen LogP contribution in [0, 0.1) is 17.8 Å². The second-order valence-electron chi connectivity index (χ2n) is 13.8. The molecule has 2 aromatic rings. The van der Waals surface area contributed by atoms with Crippen LogP contribution in [0.2, 0.25) is 0 Å². The topological polar surface area (TPSA) is 152 Å². The van der Waals surface area contributed by atoms with Crippen LogP contribution < -0.4 is 10.6 Å². The van der Waals surface area contributed by atoms with Gasteiger partial charge in [-0.15, -0.1) is 11.3 Å². The fourth-order valence-electron chi connectivity index (χ4n) is 6.35. The van der Waals surface area contributed by atoms with Crippen molar-refractivity contribution in [1.29, 1.82) is 0 Å². The number of carboxylic acid groups (broad SMARTS) is 1. The van der Waals surface area contributed by atoms with E-state index in [2.05, 4.69) is 20.5 Å². The number of nitrogens with one attached hydrogen (secondary N) is 2. The highest BCUT2D eigenvalue weighted by Gasteiger charge is 2.36. The lowest BCUT2D eigenvalue weighted by Gasteiger charge is -2.38. The number of hydrogen-bond donors (Lipinski definition) is 4. The number of amides is 3. The van der Waals surface area contributed by atoms with Gasteiger partial charge in [0, 0.05) is 30.9 Å². The summed E-state index contributed by atoms with van der Waals surface area (Å²) < 4.78 is 0. The Morgan fingerprint density at radius 2 is 1.75 bits per heavy atom. The van der Waals surface area contributed by atoms with Gasteiger partial charge in [-0.1, -0.05) is 77.8 Å². The van der Waals surface area contributed by atoms with Crippen molar-refractivity contribution in [2.24, 2.45) is 17.8 Å². The van der Waals surface area contributed by atoms with E-state index in [-0.39, 0.29) is 54.3 Å². The Labute approximate surface area is 289 Å². The second-order valence-corrected chi connectivity index (χ2v) is 14.7. The Hall–Kier alpha value is -3.35. The summed E-state index contributed by atoms with van der Waals surface area (Å²) in [6.07, 6.45) is 3.41. The Morgan fingerprint density at radius 3 is 2.35 bits per heavy atom. The molecule has 1 aromatic heterocycles.